The van der Waals surface area contributed by atoms with Crippen LogP contribution < -0.4 is 5.30 Å². The fourth-order valence-corrected chi connectivity index (χ4v) is 3.24. The lowest BCUT2D eigenvalue weighted by atomic mass is 10.2. The predicted molar refractivity (Wildman–Crippen MR) is 68.4 cm³/mol. The van der Waals surface area contributed by atoms with Gasteiger partial charge < -0.3 is 9.31 Å². The fraction of sp³-hybridized carbons (Fsp3) is 0.154. The van der Waals surface area contributed by atoms with E-state index in [0.717, 1.165) is 0 Å². The van der Waals surface area contributed by atoms with E-state index >= 15 is 0 Å². The third-order valence-corrected chi connectivity index (χ3v) is 4.53. The van der Waals surface area contributed by atoms with Crippen molar-refractivity contribution in [1.29, 1.82) is 0 Å². The first-order chi connectivity index (χ1) is 8.44. The number of furan rings is 1. The number of aryl methyl sites for hydroxylation is 2. The molecule has 0 spiro atoms. The molecular formula is C13H13O4P. The maximum Gasteiger partial charge on any atom is 0.298 e. The summed E-state index contributed by atoms with van der Waals surface area (Å²) in [4.78, 5) is 22.2. The van der Waals surface area contributed by atoms with Gasteiger partial charge in [-0.1, -0.05) is 18.2 Å². The van der Waals surface area contributed by atoms with Crippen LogP contribution in [0.4, 0.5) is 0 Å². The van der Waals surface area contributed by atoms with Crippen LogP contribution in [0.5, 0.6) is 0 Å². The van der Waals surface area contributed by atoms with Crippen LogP contribution in [0, 0.1) is 13.8 Å². The van der Waals surface area contributed by atoms with Crippen LogP contribution in [0.1, 0.15) is 21.7 Å². The van der Waals surface area contributed by atoms with Crippen LogP contribution in [-0.4, -0.2) is 10.4 Å². The minimum Gasteiger partial charge on any atom is -0.469 e. The number of carbonyl (C=O) groups excluding carboxylic acids is 1. The van der Waals surface area contributed by atoms with Crippen LogP contribution in [-0.2, 0) is 4.57 Å². The van der Waals surface area contributed by atoms with Crippen LogP contribution >= 0.6 is 7.37 Å². The normalized spacial score (nSPS) is 14.2. The van der Waals surface area contributed by atoms with Crippen molar-refractivity contribution in [2.75, 3.05) is 0 Å². The number of hydrogen-bond donors (Lipinski definition) is 1. The van der Waals surface area contributed by atoms with E-state index in [4.69, 9.17) is 4.42 Å². The molecule has 1 unspecified atom stereocenters. The van der Waals surface area contributed by atoms with Crippen molar-refractivity contribution in [3.05, 3.63) is 53.5 Å². The number of carbonyl (C=O) groups is 1. The summed E-state index contributed by atoms with van der Waals surface area (Å²) >= 11 is 0. The van der Waals surface area contributed by atoms with Crippen molar-refractivity contribution in [3.8, 4) is 0 Å². The van der Waals surface area contributed by atoms with Gasteiger partial charge in [0.25, 0.3) is 12.9 Å². The summed E-state index contributed by atoms with van der Waals surface area (Å²) in [5, 5.41) is 0.134. The Morgan fingerprint density at radius 1 is 1.22 bits per heavy atom. The molecule has 1 aromatic carbocycles. The lowest BCUT2D eigenvalue weighted by Gasteiger charge is -2.10. The van der Waals surface area contributed by atoms with E-state index in [1.54, 1.807) is 32.0 Å². The molecule has 1 aromatic heterocycles. The SMILES string of the molecule is Cc1coc(C)c1C(=O)P(=O)(O)c1ccccc1. The second kappa shape index (κ2) is 4.56. The maximum absolute atomic E-state index is 12.3. The van der Waals surface area contributed by atoms with Gasteiger partial charge in [0.05, 0.1) is 11.8 Å². The molecule has 0 saturated carbocycles. The quantitative estimate of drug-likeness (QED) is 0.865. The average molecular weight is 264 g/mol. The minimum absolute atomic E-state index is 0.134. The van der Waals surface area contributed by atoms with Gasteiger partial charge in [0.1, 0.15) is 5.76 Å². The Bertz CT molecular complexity index is 608. The second-order valence-electron chi connectivity index (χ2n) is 4.07. The van der Waals surface area contributed by atoms with Gasteiger partial charge >= 0.3 is 0 Å². The molecule has 0 aliphatic rings. The average Bonchev–Trinajstić information content (AvgIpc) is 2.69. The Labute approximate surface area is 105 Å². The molecule has 18 heavy (non-hydrogen) atoms. The molecule has 0 saturated heterocycles. The molecule has 1 N–H and O–H groups in total. The van der Waals surface area contributed by atoms with Crippen molar-refractivity contribution in [2.45, 2.75) is 13.8 Å². The Hall–Kier alpha value is -1.64. The number of hydrogen-bond acceptors (Lipinski definition) is 3. The molecular weight excluding hydrogens is 251 g/mol. The van der Waals surface area contributed by atoms with Crippen molar-refractivity contribution in [2.24, 2.45) is 0 Å². The molecule has 1 heterocycles. The van der Waals surface area contributed by atoms with E-state index < -0.39 is 12.9 Å². The van der Waals surface area contributed by atoms with Crippen LogP contribution in [0.2, 0.25) is 0 Å². The summed E-state index contributed by atoms with van der Waals surface area (Å²) in [6.07, 6.45) is 1.41. The summed E-state index contributed by atoms with van der Waals surface area (Å²) in [7, 11) is -4.08. The molecule has 94 valence electrons. The highest BCUT2D eigenvalue weighted by molar-refractivity contribution is 7.82. The predicted octanol–water partition coefficient (Wildman–Crippen LogP) is 2.63. The summed E-state index contributed by atoms with van der Waals surface area (Å²) < 4.78 is 17.4. The first-order valence-electron chi connectivity index (χ1n) is 5.42. The maximum atomic E-state index is 12.3. The van der Waals surface area contributed by atoms with E-state index in [0.29, 0.717) is 11.3 Å². The zero-order valence-electron chi connectivity index (χ0n) is 10.1. The largest absolute Gasteiger partial charge is 0.469 e. The van der Waals surface area contributed by atoms with Crippen molar-refractivity contribution in [3.63, 3.8) is 0 Å². The topological polar surface area (TPSA) is 67.5 Å². The van der Waals surface area contributed by atoms with Gasteiger partial charge in [-0.05, 0) is 31.5 Å². The van der Waals surface area contributed by atoms with E-state index in [1.807, 2.05) is 0 Å². The lowest BCUT2D eigenvalue weighted by molar-refractivity contribution is 0.106. The number of rotatable bonds is 3. The third-order valence-electron chi connectivity index (χ3n) is 2.75. The van der Waals surface area contributed by atoms with Crippen LogP contribution in [0.3, 0.4) is 0 Å². The molecule has 1 atom stereocenters. The summed E-state index contributed by atoms with van der Waals surface area (Å²) in [5.41, 5.74) is -0.00941. The summed E-state index contributed by atoms with van der Waals surface area (Å²) in [6.45, 7) is 3.28. The highest BCUT2D eigenvalue weighted by atomic mass is 31.2. The molecule has 0 bridgehead atoms. The highest BCUT2D eigenvalue weighted by Crippen LogP contribution is 2.44. The summed E-state index contributed by atoms with van der Waals surface area (Å²) in [6, 6.07) is 7.93. The van der Waals surface area contributed by atoms with E-state index in [2.05, 4.69) is 0 Å². The molecule has 0 radical (unpaired) electrons. The van der Waals surface area contributed by atoms with Gasteiger partial charge in [-0.25, -0.2) is 0 Å². The third kappa shape index (κ3) is 2.05. The molecule has 0 aliphatic carbocycles. The molecule has 2 rings (SSSR count). The van der Waals surface area contributed by atoms with Gasteiger partial charge in [0, 0.05) is 5.30 Å². The van der Waals surface area contributed by atoms with Crippen LogP contribution in [0.25, 0.3) is 0 Å². The van der Waals surface area contributed by atoms with Gasteiger partial charge in [0.15, 0.2) is 0 Å². The molecule has 5 heteroatoms. The minimum atomic E-state index is -4.08. The monoisotopic (exact) mass is 264 g/mol. The van der Waals surface area contributed by atoms with Crippen molar-refractivity contribution >= 4 is 18.2 Å². The smallest absolute Gasteiger partial charge is 0.298 e. The Kier molecular flexibility index (Phi) is 3.24. The zero-order valence-corrected chi connectivity index (χ0v) is 11.0. The van der Waals surface area contributed by atoms with E-state index in [9.17, 15) is 14.3 Å². The molecule has 0 fully saturated rings. The fourth-order valence-electron chi connectivity index (χ4n) is 1.79. The molecule has 2 aromatic rings. The van der Waals surface area contributed by atoms with Gasteiger partial charge in [-0.3, -0.25) is 9.36 Å². The Balaban J connectivity index is 2.50. The second-order valence-corrected chi connectivity index (χ2v) is 6.14. The highest BCUT2D eigenvalue weighted by Gasteiger charge is 2.35. The van der Waals surface area contributed by atoms with E-state index in [1.165, 1.54) is 18.4 Å². The first-order valence-corrected chi connectivity index (χ1v) is 7.08. The molecule has 0 aliphatic heterocycles. The zero-order chi connectivity index (χ0) is 13.3. The molecule has 0 amide bonds. The van der Waals surface area contributed by atoms with Gasteiger partial charge in [-0.2, -0.15) is 0 Å². The van der Waals surface area contributed by atoms with E-state index in [-0.39, 0.29) is 10.9 Å². The van der Waals surface area contributed by atoms with Crippen molar-refractivity contribution in [1.82, 2.24) is 0 Å². The van der Waals surface area contributed by atoms with Gasteiger partial charge in [-0.15, -0.1) is 0 Å². The summed E-state index contributed by atoms with van der Waals surface area (Å²) in [5.74, 6) is 0.364. The van der Waals surface area contributed by atoms with Crippen molar-refractivity contribution < 1.29 is 18.7 Å². The van der Waals surface area contributed by atoms with Crippen LogP contribution in [0.15, 0.2) is 41.0 Å². The standard InChI is InChI=1S/C13H13O4P/c1-9-8-17-10(2)12(9)13(14)18(15,16)11-6-4-3-5-7-11/h3-8H,1-2H3,(H,15,16). The first kappa shape index (κ1) is 12.8. The van der Waals surface area contributed by atoms with Gasteiger partial charge in [0.2, 0.25) is 0 Å². The lowest BCUT2D eigenvalue weighted by Crippen LogP contribution is -2.13. The Morgan fingerprint density at radius 3 is 2.33 bits per heavy atom. The Morgan fingerprint density at radius 2 is 1.83 bits per heavy atom. The molecule has 4 nitrogen and oxygen atoms in total. The number of benzene rings is 1.